The number of aromatic nitrogens is 3. The van der Waals surface area contributed by atoms with Gasteiger partial charge in [0.1, 0.15) is 23.2 Å². The molecule has 20 heavy (non-hydrogen) atoms. The molecule has 0 amide bonds. The summed E-state index contributed by atoms with van der Waals surface area (Å²) in [7, 11) is 0. The van der Waals surface area contributed by atoms with E-state index in [2.05, 4.69) is 40.0 Å². The molecule has 2 aromatic rings. The maximum absolute atomic E-state index is 5.61. The molecule has 0 aromatic carbocycles. The lowest BCUT2D eigenvalue weighted by Gasteiger charge is -2.19. The predicted molar refractivity (Wildman–Crippen MR) is 76.5 cm³/mol. The predicted octanol–water partition coefficient (Wildman–Crippen LogP) is 2.85. The van der Waals surface area contributed by atoms with Gasteiger partial charge in [-0.25, -0.2) is 0 Å². The summed E-state index contributed by atoms with van der Waals surface area (Å²) in [5, 5.41) is 12.2. The summed E-state index contributed by atoms with van der Waals surface area (Å²) in [6, 6.07) is 2.52. The minimum Gasteiger partial charge on any atom is -0.466 e. The average molecular weight is 274 g/mol. The number of nitrogens with one attached hydrogen (secondary N) is 1. The first kappa shape index (κ1) is 13.4. The summed E-state index contributed by atoms with van der Waals surface area (Å²) in [6.07, 6.45) is 2.23. The molecule has 2 aromatic heterocycles. The standard InChI is InChI=1S/C15H22N4O/c1-9-8-13(12(4)20-9)10(2)16-11(3)15-18-17-14-6-5-7-19(14)15/h8,10-11,16H,5-7H2,1-4H3. The highest BCUT2D eigenvalue weighted by Gasteiger charge is 2.23. The van der Waals surface area contributed by atoms with Crippen molar-refractivity contribution in [3.8, 4) is 0 Å². The largest absolute Gasteiger partial charge is 0.466 e. The first-order valence-electron chi connectivity index (χ1n) is 7.31. The smallest absolute Gasteiger partial charge is 0.149 e. The molecule has 0 saturated carbocycles. The van der Waals surface area contributed by atoms with E-state index < -0.39 is 0 Å². The zero-order valence-electron chi connectivity index (χ0n) is 12.6. The lowest BCUT2D eigenvalue weighted by atomic mass is 10.1. The van der Waals surface area contributed by atoms with Crippen LogP contribution in [0, 0.1) is 13.8 Å². The van der Waals surface area contributed by atoms with Crippen molar-refractivity contribution in [2.45, 2.75) is 59.2 Å². The van der Waals surface area contributed by atoms with Crippen molar-refractivity contribution < 1.29 is 4.42 Å². The van der Waals surface area contributed by atoms with E-state index in [1.165, 1.54) is 12.0 Å². The van der Waals surface area contributed by atoms with Gasteiger partial charge in [0.05, 0.1) is 6.04 Å². The fourth-order valence-electron chi connectivity index (χ4n) is 3.11. The first-order chi connectivity index (χ1) is 9.56. The molecule has 108 valence electrons. The third kappa shape index (κ3) is 2.26. The van der Waals surface area contributed by atoms with Gasteiger partial charge < -0.3 is 14.3 Å². The van der Waals surface area contributed by atoms with E-state index in [1.54, 1.807) is 0 Å². The van der Waals surface area contributed by atoms with Gasteiger partial charge in [0, 0.05) is 24.6 Å². The summed E-state index contributed by atoms with van der Waals surface area (Å²) < 4.78 is 7.86. The minimum absolute atomic E-state index is 0.180. The SMILES string of the molecule is Cc1cc(C(C)NC(C)c2nnc3n2CCC3)c(C)o1. The zero-order valence-corrected chi connectivity index (χ0v) is 12.6. The highest BCUT2D eigenvalue weighted by atomic mass is 16.3. The van der Waals surface area contributed by atoms with E-state index in [9.17, 15) is 0 Å². The third-order valence-corrected chi connectivity index (χ3v) is 4.07. The second-order valence-electron chi connectivity index (χ2n) is 5.71. The van der Waals surface area contributed by atoms with Crippen LogP contribution in [-0.4, -0.2) is 14.8 Å². The molecule has 5 nitrogen and oxygen atoms in total. The number of aryl methyl sites for hydroxylation is 3. The van der Waals surface area contributed by atoms with Gasteiger partial charge in [-0.1, -0.05) is 0 Å². The Morgan fingerprint density at radius 2 is 2.05 bits per heavy atom. The van der Waals surface area contributed by atoms with Crippen LogP contribution in [0.15, 0.2) is 10.5 Å². The molecular formula is C15H22N4O. The van der Waals surface area contributed by atoms with Crippen LogP contribution in [0.2, 0.25) is 0 Å². The zero-order chi connectivity index (χ0) is 14.3. The second-order valence-corrected chi connectivity index (χ2v) is 5.71. The van der Waals surface area contributed by atoms with Crippen LogP contribution in [0.1, 0.15) is 61.1 Å². The quantitative estimate of drug-likeness (QED) is 0.931. The third-order valence-electron chi connectivity index (χ3n) is 4.07. The topological polar surface area (TPSA) is 55.9 Å². The van der Waals surface area contributed by atoms with Crippen LogP contribution in [0.4, 0.5) is 0 Å². The summed E-state index contributed by atoms with van der Waals surface area (Å²) in [5.74, 6) is 4.11. The molecule has 1 aliphatic rings. The number of hydrogen-bond donors (Lipinski definition) is 1. The van der Waals surface area contributed by atoms with E-state index in [0.29, 0.717) is 0 Å². The van der Waals surface area contributed by atoms with Gasteiger partial charge >= 0.3 is 0 Å². The summed E-state index contributed by atoms with van der Waals surface area (Å²) in [5.41, 5.74) is 1.22. The Hall–Kier alpha value is -1.62. The van der Waals surface area contributed by atoms with Gasteiger partial charge in [-0.2, -0.15) is 0 Å². The summed E-state index contributed by atoms with van der Waals surface area (Å²) in [6.45, 7) is 9.35. The maximum Gasteiger partial charge on any atom is 0.149 e. The molecule has 0 bridgehead atoms. The Bertz CT molecular complexity index is 613. The monoisotopic (exact) mass is 274 g/mol. The molecular weight excluding hydrogens is 252 g/mol. The molecule has 1 N–H and O–H groups in total. The first-order valence-corrected chi connectivity index (χ1v) is 7.31. The summed E-state index contributed by atoms with van der Waals surface area (Å²) in [4.78, 5) is 0. The Morgan fingerprint density at radius 1 is 1.25 bits per heavy atom. The highest BCUT2D eigenvalue weighted by molar-refractivity contribution is 5.23. The highest BCUT2D eigenvalue weighted by Crippen LogP contribution is 2.25. The number of nitrogens with zero attached hydrogens (tertiary/aromatic N) is 3. The molecule has 5 heteroatoms. The van der Waals surface area contributed by atoms with Crippen LogP contribution in [-0.2, 0) is 13.0 Å². The molecule has 0 saturated heterocycles. The Labute approximate surface area is 119 Å². The average Bonchev–Trinajstić information content (AvgIpc) is 3.03. The second kappa shape index (κ2) is 5.05. The normalized spacial score (nSPS) is 17.2. The fraction of sp³-hybridized carbons (Fsp3) is 0.600. The van der Waals surface area contributed by atoms with Gasteiger partial charge in [0.25, 0.3) is 0 Å². The fourth-order valence-corrected chi connectivity index (χ4v) is 3.11. The minimum atomic E-state index is 0.180. The van der Waals surface area contributed by atoms with Crippen molar-refractivity contribution in [3.05, 3.63) is 34.8 Å². The summed E-state index contributed by atoms with van der Waals surface area (Å²) >= 11 is 0. The number of rotatable bonds is 4. The van der Waals surface area contributed by atoms with Crippen molar-refractivity contribution in [1.29, 1.82) is 0 Å². The van der Waals surface area contributed by atoms with Crippen molar-refractivity contribution in [3.63, 3.8) is 0 Å². The van der Waals surface area contributed by atoms with Crippen molar-refractivity contribution >= 4 is 0 Å². The van der Waals surface area contributed by atoms with Gasteiger partial charge in [-0.3, -0.25) is 0 Å². The van der Waals surface area contributed by atoms with E-state index in [4.69, 9.17) is 4.42 Å². The van der Waals surface area contributed by atoms with E-state index >= 15 is 0 Å². The van der Waals surface area contributed by atoms with Crippen molar-refractivity contribution in [2.24, 2.45) is 0 Å². The molecule has 2 atom stereocenters. The Balaban J connectivity index is 1.75. The van der Waals surface area contributed by atoms with E-state index in [0.717, 1.165) is 36.1 Å². The Morgan fingerprint density at radius 3 is 2.75 bits per heavy atom. The number of hydrogen-bond acceptors (Lipinski definition) is 4. The van der Waals surface area contributed by atoms with Crippen LogP contribution in [0.3, 0.4) is 0 Å². The molecule has 0 aliphatic carbocycles. The van der Waals surface area contributed by atoms with Crippen LogP contribution in [0.5, 0.6) is 0 Å². The van der Waals surface area contributed by atoms with Crippen LogP contribution >= 0.6 is 0 Å². The molecule has 1 aliphatic heterocycles. The molecule has 3 heterocycles. The molecule has 3 rings (SSSR count). The van der Waals surface area contributed by atoms with E-state index in [-0.39, 0.29) is 12.1 Å². The number of fused-ring (bicyclic) bond motifs is 1. The lowest BCUT2D eigenvalue weighted by Crippen LogP contribution is -2.25. The van der Waals surface area contributed by atoms with Gasteiger partial charge in [-0.15, -0.1) is 10.2 Å². The molecule has 0 spiro atoms. The van der Waals surface area contributed by atoms with Gasteiger partial charge in [0.2, 0.25) is 0 Å². The Kier molecular flexibility index (Phi) is 3.38. The molecule has 0 radical (unpaired) electrons. The van der Waals surface area contributed by atoms with Gasteiger partial charge in [-0.05, 0) is 40.2 Å². The van der Waals surface area contributed by atoms with E-state index in [1.807, 2.05) is 13.8 Å². The lowest BCUT2D eigenvalue weighted by molar-refractivity contribution is 0.447. The molecule has 0 fully saturated rings. The molecule has 2 unspecified atom stereocenters. The number of furan rings is 1. The van der Waals surface area contributed by atoms with Crippen LogP contribution in [0.25, 0.3) is 0 Å². The van der Waals surface area contributed by atoms with Crippen molar-refractivity contribution in [1.82, 2.24) is 20.1 Å². The van der Waals surface area contributed by atoms with Crippen LogP contribution < -0.4 is 5.32 Å². The van der Waals surface area contributed by atoms with Crippen molar-refractivity contribution in [2.75, 3.05) is 0 Å². The maximum atomic E-state index is 5.61. The van der Waals surface area contributed by atoms with Gasteiger partial charge in [0.15, 0.2) is 0 Å².